The van der Waals surface area contributed by atoms with Crippen LogP contribution in [0.3, 0.4) is 0 Å². The van der Waals surface area contributed by atoms with E-state index >= 15 is 0 Å². The van der Waals surface area contributed by atoms with Gasteiger partial charge in [-0.25, -0.2) is 9.78 Å². The van der Waals surface area contributed by atoms with E-state index in [9.17, 15) is 15.0 Å². The van der Waals surface area contributed by atoms with Crippen LogP contribution in [0.4, 0.5) is 4.79 Å². The van der Waals surface area contributed by atoms with E-state index in [1.165, 1.54) is 6.20 Å². The Morgan fingerprint density at radius 3 is 2.62 bits per heavy atom. The van der Waals surface area contributed by atoms with E-state index in [4.69, 9.17) is 9.47 Å². The van der Waals surface area contributed by atoms with Crippen LogP contribution in [0, 0.1) is 0 Å². The lowest BCUT2D eigenvalue weighted by atomic mass is 10.0. The predicted octanol–water partition coefficient (Wildman–Crippen LogP) is 2.19. The lowest BCUT2D eigenvalue weighted by Gasteiger charge is -2.18. The molecule has 26 heavy (non-hydrogen) atoms. The number of hydrogen-bond donors (Lipinski definition) is 3. The smallest absolute Gasteiger partial charge is 0.407 e. The van der Waals surface area contributed by atoms with Crippen molar-refractivity contribution in [3.05, 3.63) is 59.8 Å². The van der Waals surface area contributed by atoms with Gasteiger partial charge in [-0.3, -0.25) is 0 Å². The highest BCUT2D eigenvalue weighted by Gasteiger charge is 2.19. The Hall–Kier alpha value is -2.64. The number of carbonyl (C=O) groups is 1. The van der Waals surface area contributed by atoms with E-state index in [1.807, 2.05) is 37.3 Å². The normalized spacial score (nSPS) is 12.9. The van der Waals surface area contributed by atoms with Gasteiger partial charge in [0, 0.05) is 24.4 Å². The highest BCUT2D eigenvalue weighted by molar-refractivity contribution is 5.67. The average Bonchev–Trinajstić information content (AvgIpc) is 2.67. The molecule has 0 aliphatic heterocycles. The first-order valence-corrected chi connectivity index (χ1v) is 8.49. The summed E-state index contributed by atoms with van der Waals surface area (Å²) in [6.45, 7) is 2.71. The molecule has 0 spiro atoms. The summed E-state index contributed by atoms with van der Waals surface area (Å²) in [5, 5.41) is 22.8. The van der Waals surface area contributed by atoms with Crippen molar-refractivity contribution in [2.24, 2.45) is 0 Å². The molecule has 2 aromatic rings. The molecule has 0 saturated carbocycles. The van der Waals surface area contributed by atoms with E-state index in [-0.39, 0.29) is 19.6 Å². The molecule has 1 aromatic carbocycles. The first-order chi connectivity index (χ1) is 12.6. The van der Waals surface area contributed by atoms with Gasteiger partial charge in [-0.2, -0.15) is 0 Å². The third kappa shape index (κ3) is 6.34. The van der Waals surface area contributed by atoms with Gasteiger partial charge in [0.25, 0.3) is 0 Å². The first kappa shape index (κ1) is 19.7. The number of benzene rings is 1. The number of ether oxygens (including phenoxy) is 2. The van der Waals surface area contributed by atoms with E-state index in [0.29, 0.717) is 18.1 Å². The molecule has 2 atom stereocenters. The molecular formula is C19H24N2O5. The van der Waals surface area contributed by atoms with Gasteiger partial charge in [0.05, 0.1) is 12.7 Å². The van der Waals surface area contributed by atoms with Crippen molar-refractivity contribution in [2.75, 3.05) is 13.2 Å². The minimum Gasteiger partial charge on any atom is -0.478 e. The van der Waals surface area contributed by atoms with E-state index in [1.54, 1.807) is 12.1 Å². The largest absolute Gasteiger partial charge is 0.478 e. The highest BCUT2D eigenvalue weighted by Crippen LogP contribution is 2.19. The van der Waals surface area contributed by atoms with Crippen LogP contribution in [-0.4, -0.2) is 40.5 Å². The van der Waals surface area contributed by atoms with E-state index < -0.39 is 18.3 Å². The second kappa shape index (κ2) is 10.4. The molecule has 1 amide bonds. The summed E-state index contributed by atoms with van der Waals surface area (Å²) in [6, 6.07) is 12.6. The molecule has 2 rings (SSSR count). The molecule has 1 aromatic heterocycles. The van der Waals surface area contributed by atoms with Gasteiger partial charge in [-0.15, -0.1) is 0 Å². The van der Waals surface area contributed by atoms with Crippen molar-refractivity contribution in [3.8, 4) is 5.88 Å². The number of aliphatic hydroxyl groups excluding tert-OH is 2. The number of pyridine rings is 1. The summed E-state index contributed by atoms with van der Waals surface area (Å²) in [6.07, 6.45) is -1.07. The molecule has 0 saturated heterocycles. The van der Waals surface area contributed by atoms with Crippen molar-refractivity contribution in [1.29, 1.82) is 0 Å². The Kier molecular flexibility index (Phi) is 7.85. The van der Waals surface area contributed by atoms with Gasteiger partial charge in [0.15, 0.2) is 0 Å². The molecule has 0 bridgehead atoms. The van der Waals surface area contributed by atoms with Gasteiger partial charge < -0.3 is 25.0 Å². The first-order valence-electron chi connectivity index (χ1n) is 8.49. The maximum Gasteiger partial charge on any atom is 0.407 e. The number of nitrogens with one attached hydrogen (secondary N) is 1. The third-order valence-corrected chi connectivity index (χ3v) is 3.68. The zero-order chi connectivity index (χ0) is 18.8. The molecule has 3 N–H and O–H groups in total. The fourth-order valence-electron chi connectivity index (χ4n) is 2.28. The van der Waals surface area contributed by atoms with Crippen LogP contribution in [-0.2, 0) is 11.3 Å². The molecule has 2 unspecified atom stereocenters. The lowest BCUT2D eigenvalue weighted by molar-refractivity contribution is 0.0134. The summed E-state index contributed by atoms with van der Waals surface area (Å²) in [7, 11) is 0. The van der Waals surface area contributed by atoms with Crippen LogP contribution in [0.1, 0.15) is 30.6 Å². The standard InChI is InChI=1S/C19H24N2O5/c1-2-25-17-9-8-15(12-21-17)18(23)16(22)10-11-20-19(24)26-13-14-6-4-3-5-7-14/h3-9,12,16,18,22-23H,2,10-11,13H2,1H3,(H,20,24). The van der Waals surface area contributed by atoms with Crippen LogP contribution >= 0.6 is 0 Å². The van der Waals surface area contributed by atoms with Crippen molar-refractivity contribution in [3.63, 3.8) is 0 Å². The number of hydrogen-bond acceptors (Lipinski definition) is 6. The van der Waals surface area contributed by atoms with Crippen molar-refractivity contribution >= 4 is 6.09 Å². The number of aliphatic hydroxyl groups is 2. The molecule has 7 nitrogen and oxygen atoms in total. The van der Waals surface area contributed by atoms with Gasteiger partial charge in [-0.1, -0.05) is 30.3 Å². The Balaban J connectivity index is 1.70. The second-order valence-electron chi connectivity index (χ2n) is 5.65. The van der Waals surface area contributed by atoms with Crippen LogP contribution in [0.25, 0.3) is 0 Å². The number of rotatable bonds is 9. The molecule has 0 fully saturated rings. The molecular weight excluding hydrogens is 336 g/mol. The number of nitrogens with zero attached hydrogens (tertiary/aromatic N) is 1. The monoisotopic (exact) mass is 360 g/mol. The second-order valence-corrected chi connectivity index (χ2v) is 5.65. The number of aromatic nitrogens is 1. The Morgan fingerprint density at radius 1 is 1.19 bits per heavy atom. The highest BCUT2D eigenvalue weighted by atomic mass is 16.5. The van der Waals surface area contributed by atoms with Crippen LogP contribution in [0.2, 0.25) is 0 Å². The number of alkyl carbamates (subject to hydrolysis) is 1. The summed E-state index contributed by atoms with van der Waals surface area (Å²) in [5.41, 5.74) is 1.37. The average molecular weight is 360 g/mol. The minimum atomic E-state index is -1.10. The summed E-state index contributed by atoms with van der Waals surface area (Å²) in [5.74, 6) is 0.459. The van der Waals surface area contributed by atoms with Crippen LogP contribution in [0.5, 0.6) is 5.88 Å². The molecule has 0 aliphatic carbocycles. The van der Waals surface area contributed by atoms with Crippen molar-refractivity contribution in [1.82, 2.24) is 10.3 Å². The summed E-state index contributed by atoms with van der Waals surface area (Å²) < 4.78 is 10.3. The fraction of sp³-hybridized carbons (Fsp3) is 0.368. The van der Waals surface area contributed by atoms with Crippen LogP contribution in [0.15, 0.2) is 48.7 Å². The van der Waals surface area contributed by atoms with Gasteiger partial charge in [0.2, 0.25) is 5.88 Å². The van der Waals surface area contributed by atoms with Crippen LogP contribution < -0.4 is 10.1 Å². The van der Waals surface area contributed by atoms with E-state index in [0.717, 1.165) is 5.56 Å². The third-order valence-electron chi connectivity index (χ3n) is 3.68. The summed E-state index contributed by atoms with van der Waals surface area (Å²) in [4.78, 5) is 15.7. The topological polar surface area (TPSA) is 101 Å². The van der Waals surface area contributed by atoms with Crippen molar-refractivity contribution < 1.29 is 24.5 Å². The fourth-order valence-corrected chi connectivity index (χ4v) is 2.28. The molecule has 0 aliphatic rings. The molecule has 0 radical (unpaired) electrons. The quantitative estimate of drug-likeness (QED) is 0.634. The Bertz CT molecular complexity index is 663. The number of amides is 1. The minimum absolute atomic E-state index is 0.175. The predicted molar refractivity (Wildman–Crippen MR) is 95.6 cm³/mol. The molecule has 140 valence electrons. The Morgan fingerprint density at radius 2 is 1.96 bits per heavy atom. The van der Waals surface area contributed by atoms with E-state index in [2.05, 4.69) is 10.3 Å². The Labute approximate surface area is 152 Å². The van der Waals surface area contributed by atoms with Gasteiger partial charge in [0.1, 0.15) is 12.7 Å². The number of carbonyl (C=O) groups excluding carboxylic acids is 1. The zero-order valence-electron chi connectivity index (χ0n) is 14.7. The molecule has 7 heteroatoms. The van der Waals surface area contributed by atoms with Crippen molar-refractivity contribution in [2.45, 2.75) is 32.2 Å². The SMILES string of the molecule is CCOc1ccc(C(O)C(O)CCNC(=O)OCc2ccccc2)cn1. The van der Waals surface area contributed by atoms with Gasteiger partial charge in [-0.05, 0) is 25.0 Å². The maximum absolute atomic E-state index is 11.6. The summed E-state index contributed by atoms with van der Waals surface area (Å²) >= 11 is 0. The van der Waals surface area contributed by atoms with Gasteiger partial charge >= 0.3 is 6.09 Å². The lowest BCUT2D eigenvalue weighted by Crippen LogP contribution is -2.29. The zero-order valence-corrected chi connectivity index (χ0v) is 14.7. The molecule has 1 heterocycles. The maximum atomic E-state index is 11.6.